The Morgan fingerprint density at radius 1 is 1.06 bits per heavy atom. The fourth-order valence-corrected chi connectivity index (χ4v) is 1.89. The monoisotopic (exact) mass is 245 g/mol. The van der Waals surface area contributed by atoms with Crippen LogP contribution < -0.4 is 0 Å². The first-order valence-corrected chi connectivity index (χ1v) is 5.68. The normalized spacial score (nSPS) is 10.3. The summed E-state index contributed by atoms with van der Waals surface area (Å²) < 4.78 is 0. The van der Waals surface area contributed by atoms with Crippen molar-refractivity contribution in [3.8, 4) is 0 Å². The van der Waals surface area contributed by atoms with Crippen LogP contribution >= 0.6 is 11.6 Å². The van der Waals surface area contributed by atoms with Crippen LogP contribution in [0.2, 0.25) is 5.15 Å². The molecular weight excluding hydrogens is 234 g/mol. The molecule has 0 fully saturated rings. The summed E-state index contributed by atoms with van der Waals surface area (Å²) in [5, 5.41) is 0.391. The van der Waals surface area contributed by atoms with E-state index in [1.54, 1.807) is 12.1 Å². The lowest BCUT2D eigenvalue weighted by molar-refractivity contribution is 0.103. The maximum atomic E-state index is 12.2. The molecule has 2 aromatic rings. The second-order valence-corrected chi connectivity index (χ2v) is 4.46. The minimum Gasteiger partial charge on any atom is -0.289 e. The SMILES string of the molecule is Cc1cc(C)cc(C(=O)c2ccc(Cl)nc2)c1. The van der Waals surface area contributed by atoms with Crippen molar-refractivity contribution >= 4 is 17.4 Å². The van der Waals surface area contributed by atoms with Crippen LogP contribution in [0.1, 0.15) is 27.0 Å². The van der Waals surface area contributed by atoms with Gasteiger partial charge in [0, 0.05) is 17.3 Å². The van der Waals surface area contributed by atoms with E-state index in [1.165, 1.54) is 6.20 Å². The molecule has 0 radical (unpaired) electrons. The predicted molar refractivity (Wildman–Crippen MR) is 68.6 cm³/mol. The van der Waals surface area contributed by atoms with Crippen molar-refractivity contribution in [1.29, 1.82) is 0 Å². The topological polar surface area (TPSA) is 30.0 Å². The second kappa shape index (κ2) is 4.68. The molecule has 0 spiro atoms. The third-order valence-corrected chi connectivity index (χ3v) is 2.70. The van der Waals surface area contributed by atoms with E-state index in [0.29, 0.717) is 16.3 Å². The van der Waals surface area contributed by atoms with Gasteiger partial charge in [-0.1, -0.05) is 28.8 Å². The van der Waals surface area contributed by atoms with E-state index >= 15 is 0 Å². The number of carbonyl (C=O) groups is 1. The minimum absolute atomic E-state index is 0.0269. The van der Waals surface area contributed by atoms with E-state index in [4.69, 9.17) is 11.6 Å². The van der Waals surface area contributed by atoms with E-state index in [1.807, 2.05) is 32.0 Å². The number of hydrogen-bond acceptors (Lipinski definition) is 2. The van der Waals surface area contributed by atoms with Crippen LogP contribution in [-0.2, 0) is 0 Å². The highest BCUT2D eigenvalue weighted by Crippen LogP contribution is 2.14. The number of hydrogen-bond donors (Lipinski definition) is 0. The van der Waals surface area contributed by atoms with Gasteiger partial charge in [0.2, 0.25) is 0 Å². The quantitative estimate of drug-likeness (QED) is 0.598. The standard InChI is InChI=1S/C14H12ClNO/c1-9-5-10(2)7-12(6-9)14(17)11-3-4-13(15)16-8-11/h3-8H,1-2H3. The van der Waals surface area contributed by atoms with Crippen LogP contribution in [0.5, 0.6) is 0 Å². The summed E-state index contributed by atoms with van der Waals surface area (Å²) >= 11 is 5.69. The van der Waals surface area contributed by atoms with Crippen LogP contribution in [0.3, 0.4) is 0 Å². The lowest BCUT2D eigenvalue weighted by Crippen LogP contribution is -2.02. The number of benzene rings is 1. The molecule has 0 aliphatic rings. The molecule has 0 atom stereocenters. The molecule has 1 heterocycles. The lowest BCUT2D eigenvalue weighted by atomic mass is 10.0. The van der Waals surface area contributed by atoms with Gasteiger partial charge in [-0.2, -0.15) is 0 Å². The van der Waals surface area contributed by atoms with E-state index in [9.17, 15) is 4.79 Å². The van der Waals surface area contributed by atoms with Gasteiger partial charge >= 0.3 is 0 Å². The zero-order valence-corrected chi connectivity index (χ0v) is 10.5. The van der Waals surface area contributed by atoms with Gasteiger partial charge in [-0.3, -0.25) is 4.79 Å². The summed E-state index contributed by atoms with van der Waals surface area (Å²) in [5.74, 6) is -0.0269. The van der Waals surface area contributed by atoms with Gasteiger partial charge in [-0.25, -0.2) is 4.98 Å². The number of nitrogens with zero attached hydrogens (tertiary/aromatic N) is 1. The van der Waals surface area contributed by atoms with Crippen molar-refractivity contribution in [2.45, 2.75) is 13.8 Å². The Kier molecular flexibility index (Phi) is 3.25. The lowest BCUT2D eigenvalue weighted by Gasteiger charge is -2.04. The van der Waals surface area contributed by atoms with Gasteiger partial charge in [-0.15, -0.1) is 0 Å². The molecule has 0 aliphatic heterocycles. The molecule has 1 aromatic heterocycles. The number of aromatic nitrogens is 1. The molecular formula is C14H12ClNO. The van der Waals surface area contributed by atoms with Crippen LogP contribution in [0.15, 0.2) is 36.5 Å². The minimum atomic E-state index is -0.0269. The Morgan fingerprint density at radius 3 is 2.24 bits per heavy atom. The van der Waals surface area contributed by atoms with E-state index < -0.39 is 0 Å². The molecule has 0 N–H and O–H groups in total. The van der Waals surface area contributed by atoms with Gasteiger partial charge in [0.1, 0.15) is 5.15 Å². The zero-order chi connectivity index (χ0) is 12.4. The molecule has 3 heteroatoms. The Balaban J connectivity index is 2.40. The highest BCUT2D eigenvalue weighted by molar-refractivity contribution is 6.29. The van der Waals surface area contributed by atoms with E-state index in [-0.39, 0.29) is 5.78 Å². The molecule has 0 saturated heterocycles. The molecule has 0 aliphatic carbocycles. The highest BCUT2D eigenvalue weighted by Gasteiger charge is 2.10. The molecule has 17 heavy (non-hydrogen) atoms. The highest BCUT2D eigenvalue weighted by atomic mass is 35.5. The van der Waals surface area contributed by atoms with Gasteiger partial charge in [0.15, 0.2) is 5.78 Å². The first kappa shape index (κ1) is 11.8. The summed E-state index contributed by atoms with van der Waals surface area (Å²) in [6, 6.07) is 9.11. The average Bonchev–Trinajstić information content (AvgIpc) is 2.28. The number of aryl methyl sites for hydroxylation is 2. The van der Waals surface area contributed by atoms with Gasteiger partial charge in [0.05, 0.1) is 0 Å². The third kappa shape index (κ3) is 2.71. The fraction of sp³-hybridized carbons (Fsp3) is 0.143. The molecule has 1 aromatic carbocycles. The van der Waals surface area contributed by atoms with Crippen LogP contribution in [0, 0.1) is 13.8 Å². The summed E-state index contributed by atoms with van der Waals surface area (Å²) in [5.41, 5.74) is 3.40. The molecule has 86 valence electrons. The van der Waals surface area contributed by atoms with Crippen molar-refractivity contribution in [1.82, 2.24) is 4.98 Å². The maximum Gasteiger partial charge on any atom is 0.194 e. The van der Waals surface area contributed by atoms with E-state index in [2.05, 4.69) is 4.98 Å². The van der Waals surface area contributed by atoms with E-state index in [0.717, 1.165) is 11.1 Å². The Bertz CT molecular complexity index is 541. The van der Waals surface area contributed by atoms with Crippen LogP contribution in [0.25, 0.3) is 0 Å². The third-order valence-electron chi connectivity index (χ3n) is 2.47. The number of ketones is 1. The largest absolute Gasteiger partial charge is 0.289 e. The zero-order valence-electron chi connectivity index (χ0n) is 9.70. The Morgan fingerprint density at radius 2 is 1.71 bits per heavy atom. The number of halogens is 1. The maximum absolute atomic E-state index is 12.2. The van der Waals surface area contributed by atoms with Gasteiger partial charge < -0.3 is 0 Å². The smallest absolute Gasteiger partial charge is 0.194 e. The number of rotatable bonds is 2. The average molecular weight is 246 g/mol. The molecule has 0 amide bonds. The van der Waals surface area contributed by atoms with Crippen molar-refractivity contribution in [2.24, 2.45) is 0 Å². The van der Waals surface area contributed by atoms with Crippen molar-refractivity contribution in [3.63, 3.8) is 0 Å². The van der Waals surface area contributed by atoms with Crippen molar-refractivity contribution in [2.75, 3.05) is 0 Å². The Hall–Kier alpha value is -1.67. The Labute approximate surface area is 105 Å². The number of carbonyl (C=O) groups excluding carboxylic acids is 1. The van der Waals surface area contributed by atoms with Crippen LogP contribution in [-0.4, -0.2) is 10.8 Å². The summed E-state index contributed by atoms with van der Waals surface area (Å²) in [4.78, 5) is 16.1. The fourth-order valence-electron chi connectivity index (χ4n) is 1.78. The second-order valence-electron chi connectivity index (χ2n) is 4.08. The molecule has 0 unspecified atom stereocenters. The van der Waals surface area contributed by atoms with Crippen molar-refractivity contribution in [3.05, 3.63) is 63.9 Å². The predicted octanol–water partition coefficient (Wildman–Crippen LogP) is 3.58. The first-order valence-electron chi connectivity index (χ1n) is 5.31. The first-order chi connectivity index (χ1) is 8.06. The molecule has 0 bridgehead atoms. The van der Waals surface area contributed by atoms with Crippen LogP contribution in [0.4, 0.5) is 0 Å². The molecule has 0 saturated carbocycles. The summed E-state index contributed by atoms with van der Waals surface area (Å²) in [6.07, 6.45) is 1.50. The summed E-state index contributed by atoms with van der Waals surface area (Å²) in [6.45, 7) is 3.95. The summed E-state index contributed by atoms with van der Waals surface area (Å²) in [7, 11) is 0. The van der Waals surface area contributed by atoms with Gasteiger partial charge in [0.25, 0.3) is 0 Å². The van der Waals surface area contributed by atoms with Gasteiger partial charge in [-0.05, 0) is 38.1 Å². The molecule has 2 nitrogen and oxygen atoms in total. The number of pyridine rings is 1. The molecule has 2 rings (SSSR count). The van der Waals surface area contributed by atoms with Crippen molar-refractivity contribution < 1.29 is 4.79 Å².